The van der Waals surface area contributed by atoms with E-state index >= 15 is 0 Å². The van der Waals surface area contributed by atoms with Crippen LogP contribution in [0.15, 0.2) is 41.8 Å². The van der Waals surface area contributed by atoms with E-state index in [1.165, 1.54) is 19.3 Å². The van der Waals surface area contributed by atoms with Crippen LogP contribution in [0, 0.1) is 6.92 Å². The molecule has 1 fully saturated rings. The van der Waals surface area contributed by atoms with E-state index in [1.807, 2.05) is 18.3 Å². The van der Waals surface area contributed by atoms with Gasteiger partial charge in [-0.2, -0.15) is 0 Å². The maximum Gasteiger partial charge on any atom is 0.0762 e. The quantitative estimate of drug-likeness (QED) is 0.726. The zero-order chi connectivity index (χ0) is 18.4. The molecule has 0 amide bonds. The minimum absolute atomic E-state index is 0.595. The molecule has 0 aliphatic heterocycles. The van der Waals surface area contributed by atoms with Crippen LogP contribution in [0.25, 0.3) is 5.57 Å². The third-order valence-corrected chi connectivity index (χ3v) is 4.67. The van der Waals surface area contributed by atoms with Crippen LogP contribution in [0.3, 0.4) is 0 Å². The van der Waals surface area contributed by atoms with Gasteiger partial charge in [0.25, 0.3) is 0 Å². The smallest absolute Gasteiger partial charge is 0.0762 e. The second-order valence-electron chi connectivity index (χ2n) is 6.80. The molecule has 0 unspecified atom stereocenters. The Kier molecular flexibility index (Phi) is 6.00. The SMILES string of the molecule is CCCc1cc(N=CC(=CN)c2ncc(NC3CCC3)cc2C)ccn1. The van der Waals surface area contributed by atoms with Crippen molar-refractivity contribution < 1.29 is 0 Å². The van der Waals surface area contributed by atoms with Gasteiger partial charge in [0.05, 0.1) is 23.3 Å². The Hall–Kier alpha value is -2.69. The summed E-state index contributed by atoms with van der Waals surface area (Å²) >= 11 is 0. The molecule has 0 bridgehead atoms. The van der Waals surface area contributed by atoms with Crippen molar-refractivity contribution in [2.45, 2.75) is 52.0 Å². The number of aryl methyl sites for hydroxylation is 2. The van der Waals surface area contributed by atoms with Gasteiger partial charge in [0, 0.05) is 35.9 Å². The van der Waals surface area contributed by atoms with Crippen LogP contribution in [0.4, 0.5) is 11.4 Å². The van der Waals surface area contributed by atoms with E-state index in [4.69, 9.17) is 5.73 Å². The molecular weight excluding hydrogens is 322 g/mol. The van der Waals surface area contributed by atoms with Crippen molar-refractivity contribution in [3.8, 4) is 0 Å². The summed E-state index contributed by atoms with van der Waals surface area (Å²) in [5.41, 5.74) is 11.6. The highest BCUT2D eigenvalue weighted by molar-refractivity contribution is 6.10. The topological polar surface area (TPSA) is 76.2 Å². The number of pyridine rings is 2. The van der Waals surface area contributed by atoms with Gasteiger partial charge < -0.3 is 11.1 Å². The molecule has 0 aromatic carbocycles. The first-order valence-electron chi connectivity index (χ1n) is 9.34. The summed E-state index contributed by atoms with van der Waals surface area (Å²) < 4.78 is 0. The molecule has 5 nitrogen and oxygen atoms in total. The molecule has 2 aromatic rings. The molecule has 0 spiro atoms. The fourth-order valence-electron chi connectivity index (χ4n) is 3.01. The van der Waals surface area contributed by atoms with Crippen molar-refractivity contribution >= 4 is 23.2 Å². The molecule has 3 N–H and O–H groups in total. The number of aromatic nitrogens is 2. The number of nitrogens with one attached hydrogen (secondary N) is 1. The third kappa shape index (κ3) is 4.48. The van der Waals surface area contributed by atoms with Crippen molar-refractivity contribution in [2.75, 3.05) is 5.32 Å². The lowest BCUT2D eigenvalue weighted by atomic mass is 9.93. The number of hydrogen-bond acceptors (Lipinski definition) is 5. The third-order valence-electron chi connectivity index (χ3n) is 4.67. The first-order valence-corrected chi connectivity index (χ1v) is 9.34. The normalized spacial score (nSPS) is 15.2. The summed E-state index contributed by atoms with van der Waals surface area (Å²) in [7, 11) is 0. The van der Waals surface area contributed by atoms with Gasteiger partial charge in [-0.15, -0.1) is 0 Å². The predicted molar refractivity (Wildman–Crippen MR) is 109 cm³/mol. The minimum Gasteiger partial charge on any atom is -0.404 e. The van der Waals surface area contributed by atoms with Crippen LogP contribution in [0.5, 0.6) is 0 Å². The molecule has 2 heterocycles. The molecule has 1 saturated carbocycles. The van der Waals surface area contributed by atoms with Gasteiger partial charge in [0.2, 0.25) is 0 Å². The molecule has 0 saturated heterocycles. The second kappa shape index (κ2) is 8.61. The molecule has 0 radical (unpaired) electrons. The number of aliphatic imine (C=N–C) groups is 1. The fraction of sp³-hybridized carbons (Fsp3) is 0.381. The molecule has 0 atom stereocenters. The molecule has 136 valence electrons. The molecule has 5 heteroatoms. The Balaban J connectivity index is 1.75. The summed E-state index contributed by atoms with van der Waals surface area (Å²) in [5, 5.41) is 3.53. The number of nitrogens with zero attached hydrogens (tertiary/aromatic N) is 3. The van der Waals surface area contributed by atoms with E-state index in [1.54, 1.807) is 18.6 Å². The Morgan fingerprint density at radius 2 is 2.19 bits per heavy atom. The molecule has 26 heavy (non-hydrogen) atoms. The average Bonchev–Trinajstić information content (AvgIpc) is 2.61. The van der Waals surface area contributed by atoms with Gasteiger partial charge in [0.15, 0.2) is 0 Å². The zero-order valence-electron chi connectivity index (χ0n) is 15.6. The van der Waals surface area contributed by atoms with Crippen molar-refractivity contribution in [1.82, 2.24) is 9.97 Å². The van der Waals surface area contributed by atoms with E-state index in [0.717, 1.165) is 46.7 Å². The summed E-state index contributed by atoms with van der Waals surface area (Å²) in [4.78, 5) is 13.5. The monoisotopic (exact) mass is 349 g/mol. The molecule has 1 aliphatic rings. The van der Waals surface area contributed by atoms with Crippen molar-refractivity contribution in [2.24, 2.45) is 10.7 Å². The molecule has 2 aromatic heterocycles. The van der Waals surface area contributed by atoms with Crippen LogP contribution < -0.4 is 11.1 Å². The largest absolute Gasteiger partial charge is 0.404 e. The van der Waals surface area contributed by atoms with Crippen LogP contribution >= 0.6 is 0 Å². The van der Waals surface area contributed by atoms with E-state index in [-0.39, 0.29) is 0 Å². The fourth-order valence-corrected chi connectivity index (χ4v) is 3.01. The second-order valence-corrected chi connectivity index (χ2v) is 6.80. The maximum atomic E-state index is 5.84. The summed E-state index contributed by atoms with van der Waals surface area (Å²) in [5.74, 6) is 0. The maximum absolute atomic E-state index is 5.84. The number of nitrogens with two attached hydrogens (primary N) is 1. The van der Waals surface area contributed by atoms with Crippen molar-refractivity contribution in [3.63, 3.8) is 0 Å². The number of rotatable bonds is 7. The van der Waals surface area contributed by atoms with Gasteiger partial charge >= 0.3 is 0 Å². The Bertz CT molecular complexity index is 806. The summed E-state index contributed by atoms with van der Waals surface area (Å²) in [6.07, 6.45) is 12.8. The molecular formula is C21H27N5. The lowest BCUT2D eigenvalue weighted by molar-refractivity contribution is 0.445. The predicted octanol–water partition coefficient (Wildman–Crippen LogP) is 4.40. The number of hydrogen-bond donors (Lipinski definition) is 2. The highest BCUT2D eigenvalue weighted by atomic mass is 14.9. The lowest BCUT2D eigenvalue weighted by Crippen LogP contribution is -2.27. The van der Waals surface area contributed by atoms with Crippen LogP contribution in [0.2, 0.25) is 0 Å². The van der Waals surface area contributed by atoms with Gasteiger partial charge in [-0.1, -0.05) is 13.3 Å². The summed E-state index contributed by atoms with van der Waals surface area (Å²) in [6, 6.07) is 6.64. The summed E-state index contributed by atoms with van der Waals surface area (Å²) in [6.45, 7) is 4.20. The Morgan fingerprint density at radius 1 is 1.35 bits per heavy atom. The van der Waals surface area contributed by atoms with Crippen LogP contribution in [-0.2, 0) is 6.42 Å². The van der Waals surface area contributed by atoms with E-state index in [9.17, 15) is 0 Å². The number of anilines is 1. The Labute approximate surface area is 155 Å². The molecule has 1 aliphatic carbocycles. The van der Waals surface area contributed by atoms with Crippen molar-refractivity contribution in [1.29, 1.82) is 0 Å². The Morgan fingerprint density at radius 3 is 2.85 bits per heavy atom. The lowest BCUT2D eigenvalue weighted by Gasteiger charge is -2.27. The van der Waals surface area contributed by atoms with Gasteiger partial charge in [0.1, 0.15) is 0 Å². The van der Waals surface area contributed by atoms with E-state index in [2.05, 4.69) is 40.2 Å². The number of allylic oxidation sites excluding steroid dienone is 1. The highest BCUT2D eigenvalue weighted by Gasteiger charge is 2.17. The average molecular weight is 349 g/mol. The van der Waals surface area contributed by atoms with E-state index in [0.29, 0.717) is 6.04 Å². The van der Waals surface area contributed by atoms with Gasteiger partial charge in [-0.3, -0.25) is 15.0 Å². The first kappa shape index (κ1) is 18.1. The molecule has 3 rings (SSSR count). The van der Waals surface area contributed by atoms with Crippen LogP contribution in [0.1, 0.15) is 49.6 Å². The minimum atomic E-state index is 0.595. The first-order chi connectivity index (χ1) is 12.7. The zero-order valence-corrected chi connectivity index (χ0v) is 15.6. The van der Waals surface area contributed by atoms with Gasteiger partial charge in [-0.25, -0.2) is 0 Å². The van der Waals surface area contributed by atoms with Gasteiger partial charge in [-0.05, 0) is 56.4 Å². The van der Waals surface area contributed by atoms with E-state index < -0.39 is 0 Å². The highest BCUT2D eigenvalue weighted by Crippen LogP contribution is 2.25. The van der Waals surface area contributed by atoms with Crippen LogP contribution in [-0.4, -0.2) is 22.2 Å². The standard InChI is InChI=1S/C21H27N5/c1-3-5-18-11-19(8-9-23-18)24-13-16(12-22)21-15(2)10-20(14-25-21)26-17-6-4-7-17/h8-14,17,26H,3-7,22H2,1-2H3. The van der Waals surface area contributed by atoms with Crippen molar-refractivity contribution in [3.05, 3.63) is 53.7 Å².